The molecular weight excluding hydrogens is 236 g/mol. The van der Waals surface area contributed by atoms with Crippen LogP contribution in [-0.4, -0.2) is 24.7 Å². The Morgan fingerprint density at radius 2 is 2.32 bits per heavy atom. The molecule has 1 N–H and O–H groups in total. The topological polar surface area (TPSA) is 34.1 Å². The Hall–Kier alpha value is -1.61. The molecule has 100 valence electrons. The van der Waals surface area contributed by atoms with Crippen molar-refractivity contribution >= 4 is 16.6 Å². The second kappa shape index (κ2) is 5.57. The van der Waals surface area contributed by atoms with Gasteiger partial charge in [0.2, 0.25) is 0 Å². The number of rotatable bonds is 3. The van der Waals surface area contributed by atoms with Gasteiger partial charge in [-0.1, -0.05) is 6.07 Å². The summed E-state index contributed by atoms with van der Waals surface area (Å²) in [5.41, 5.74) is 3.49. The molecular formula is C16H20N2O. The third-order valence-electron chi connectivity index (χ3n) is 3.81. The maximum absolute atomic E-state index is 5.52. The molecule has 1 fully saturated rings. The smallest absolute Gasteiger partial charge is 0.0751 e. The molecule has 1 aromatic heterocycles. The van der Waals surface area contributed by atoms with Crippen LogP contribution in [0.4, 0.5) is 5.69 Å². The minimum atomic E-state index is 0.627. The van der Waals surface area contributed by atoms with Crippen molar-refractivity contribution in [2.45, 2.75) is 19.8 Å². The average Bonchev–Trinajstić information content (AvgIpc) is 2.48. The molecule has 0 bridgehead atoms. The quantitative estimate of drug-likeness (QED) is 0.914. The Bertz CT molecular complexity index is 562. The molecule has 1 aliphatic rings. The van der Waals surface area contributed by atoms with Crippen LogP contribution in [0.5, 0.6) is 0 Å². The number of nitrogens with zero attached hydrogens (tertiary/aromatic N) is 1. The van der Waals surface area contributed by atoms with Crippen molar-refractivity contribution in [3.05, 3.63) is 36.0 Å². The van der Waals surface area contributed by atoms with Crippen molar-refractivity contribution in [3.8, 4) is 0 Å². The fourth-order valence-electron chi connectivity index (χ4n) is 2.69. The van der Waals surface area contributed by atoms with Crippen molar-refractivity contribution in [3.63, 3.8) is 0 Å². The van der Waals surface area contributed by atoms with E-state index in [2.05, 4.69) is 35.4 Å². The average molecular weight is 256 g/mol. The SMILES string of the molecule is Cc1ccc(NCC2CCCOC2)c2cccnc12. The number of aromatic nitrogens is 1. The van der Waals surface area contributed by atoms with E-state index in [4.69, 9.17) is 4.74 Å². The van der Waals surface area contributed by atoms with Crippen LogP contribution in [-0.2, 0) is 4.74 Å². The van der Waals surface area contributed by atoms with Gasteiger partial charge < -0.3 is 10.1 Å². The van der Waals surface area contributed by atoms with Crippen LogP contribution in [0.3, 0.4) is 0 Å². The molecule has 0 amide bonds. The van der Waals surface area contributed by atoms with Gasteiger partial charge in [-0.2, -0.15) is 0 Å². The predicted octanol–water partition coefficient (Wildman–Crippen LogP) is 3.38. The summed E-state index contributed by atoms with van der Waals surface area (Å²) in [5.74, 6) is 0.627. The lowest BCUT2D eigenvalue weighted by atomic mass is 10.0. The summed E-state index contributed by atoms with van der Waals surface area (Å²) in [6.45, 7) is 4.89. The Labute approximate surface area is 114 Å². The number of nitrogens with one attached hydrogen (secondary N) is 1. The summed E-state index contributed by atoms with van der Waals surface area (Å²) in [7, 11) is 0. The third-order valence-corrected chi connectivity index (χ3v) is 3.81. The van der Waals surface area contributed by atoms with Crippen LogP contribution in [0.15, 0.2) is 30.5 Å². The molecule has 19 heavy (non-hydrogen) atoms. The van der Waals surface area contributed by atoms with Gasteiger partial charge in [-0.3, -0.25) is 4.98 Å². The molecule has 2 heterocycles. The van der Waals surface area contributed by atoms with E-state index in [1.807, 2.05) is 12.3 Å². The Kier molecular flexibility index (Phi) is 3.65. The van der Waals surface area contributed by atoms with E-state index in [-0.39, 0.29) is 0 Å². The van der Waals surface area contributed by atoms with Gasteiger partial charge in [0.1, 0.15) is 0 Å². The molecule has 1 atom stereocenters. The highest BCUT2D eigenvalue weighted by Gasteiger charge is 2.14. The number of fused-ring (bicyclic) bond motifs is 1. The van der Waals surface area contributed by atoms with E-state index in [1.165, 1.54) is 29.5 Å². The Balaban J connectivity index is 1.79. The molecule has 0 saturated carbocycles. The van der Waals surface area contributed by atoms with Gasteiger partial charge in [-0.15, -0.1) is 0 Å². The zero-order chi connectivity index (χ0) is 13.1. The fourth-order valence-corrected chi connectivity index (χ4v) is 2.69. The Morgan fingerprint density at radius 3 is 3.16 bits per heavy atom. The van der Waals surface area contributed by atoms with Gasteiger partial charge in [-0.25, -0.2) is 0 Å². The molecule has 2 aromatic rings. The summed E-state index contributed by atoms with van der Waals surface area (Å²) in [6, 6.07) is 8.42. The number of hydrogen-bond donors (Lipinski definition) is 1. The zero-order valence-electron chi connectivity index (χ0n) is 11.4. The number of ether oxygens (including phenoxy) is 1. The van der Waals surface area contributed by atoms with E-state index in [0.29, 0.717) is 5.92 Å². The van der Waals surface area contributed by atoms with Gasteiger partial charge in [0.25, 0.3) is 0 Å². The van der Waals surface area contributed by atoms with E-state index in [0.717, 1.165) is 25.3 Å². The second-order valence-corrected chi connectivity index (χ2v) is 5.29. The molecule has 0 spiro atoms. The number of aryl methyl sites for hydroxylation is 1. The standard InChI is InChI=1S/C16H20N2O/c1-12-6-7-15(14-5-2-8-17-16(12)14)18-10-13-4-3-9-19-11-13/h2,5-8,13,18H,3-4,9-11H2,1H3. The maximum Gasteiger partial charge on any atom is 0.0751 e. The first kappa shape index (κ1) is 12.4. The lowest BCUT2D eigenvalue weighted by Gasteiger charge is -2.23. The summed E-state index contributed by atoms with van der Waals surface area (Å²) in [5, 5.41) is 4.77. The maximum atomic E-state index is 5.52. The van der Waals surface area contributed by atoms with Crippen molar-refractivity contribution in [2.75, 3.05) is 25.1 Å². The normalized spacial score (nSPS) is 19.5. The van der Waals surface area contributed by atoms with Crippen molar-refractivity contribution in [1.82, 2.24) is 4.98 Å². The van der Waals surface area contributed by atoms with Crippen LogP contribution >= 0.6 is 0 Å². The number of pyridine rings is 1. The third kappa shape index (κ3) is 2.71. The summed E-state index contributed by atoms with van der Waals surface area (Å²) < 4.78 is 5.52. The minimum Gasteiger partial charge on any atom is -0.384 e. The van der Waals surface area contributed by atoms with E-state index >= 15 is 0 Å². The Morgan fingerprint density at radius 1 is 1.37 bits per heavy atom. The van der Waals surface area contributed by atoms with Crippen LogP contribution in [0.1, 0.15) is 18.4 Å². The lowest BCUT2D eigenvalue weighted by molar-refractivity contribution is 0.0595. The summed E-state index contributed by atoms with van der Waals surface area (Å²) in [6.07, 6.45) is 4.30. The highest BCUT2D eigenvalue weighted by atomic mass is 16.5. The number of anilines is 1. The van der Waals surface area contributed by atoms with E-state index in [1.54, 1.807) is 0 Å². The molecule has 0 radical (unpaired) electrons. The summed E-state index contributed by atoms with van der Waals surface area (Å²) in [4.78, 5) is 4.47. The highest BCUT2D eigenvalue weighted by Crippen LogP contribution is 2.25. The van der Waals surface area contributed by atoms with Crippen LogP contribution in [0.25, 0.3) is 10.9 Å². The fraction of sp³-hybridized carbons (Fsp3) is 0.438. The molecule has 3 rings (SSSR count). The van der Waals surface area contributed by atoms with Crippen LogP contribution in [0, 0.1) is 12.8 Å². The highest BCUT2D eigenvalue weighted by molar-refractivity contribution is 5.93. The van der Waals surface area contributed by atoms with Gasteiger partial charge >= 0.3 is 0 Å². The first-order valence-corrected chi connectivity index (χ1v) is 7.00. The first-order chi connectivity index (χ1) is 9.34. The second-order valence-electron chi connectivity index (χ2n) is 5.29. The number of hydrogen-bond acceptors (Lipinski definition) is 3. The van der Waals surface area contributed by atoms with Gasteiger partial charge in [0.05, 0.1) is 12.1 Å². The zero-order valence-corrected chi connectivity index (χ0v) is 11.4. The molecule has 1 unspecified atom stereocenters. The largest absolute Gasteiger partial charge is 0.384 e. The molecule has 0 aliphatic carbocycles. The van der Waals surface area contributed by atoms with Crippen molar-refractivity contribution in [2.24, 2.45) is 5.92 Å². The van der Waals surface area contributed by atoms with Gasteiger partial charge in [-0.05, 0) is 49.4 Å². The van der Waals surface area contributed by atoms with E-state index in [9.17, 15) is 0 Å². The molecule has 3 nitrogen and oxygen atoms in total. The lowest BCUT2D eigenvalue weighted by Crippen LogP contribution is -2.24. The van der Waals surface area contributed by atoms with Gasteiger partial charge in [0.15, 0.2) is 0 Å². The monoisotopic (exact) mass is 256 g/mol. The number of benzene rings is 1. The van der Waals surface area contributed by atoms with E-state index < -0.39 is 0 Å². The molecule has 1 aliphatic heterocycles. The van der Waals surface area contributed by atoms with Crippen LogP contribution in [0.2, 0.25) is 0 Å². The minimum absolute atomic E-state index is 0.627. The first-order valence-electron chi connectivity index (χ1n) is 7.00. The molecule has 1 aromatic carbocycles. The van der Waals surface area contributed by atoms with Crippen molar-refractivity contribution < 1.29 is 4.74 Å². The van der Waals surface area contributed by atoms with Crippen molar-refractivity contribution in [1.29, 1.82) is 0 Å². The van der Waals surface area contributed by atoms with Gasteiger partial charge in [0, 0.05) is 30.4 Å². The molecule has 3 heteroatoms. The summed E-state index contributed by atoms with van der Waals surface area (Å²) >= 11 is 0. The molecule has 1 saturated heterocycles. The van der Waals surface area contributed by atoms with Crippen LogP contribution < -0.4 is 5.32 Å². The predicted molar refractivity (Wildman–Crippen MR) is 78.5 cm³/mol.